The van der Waals surface area contributed by atoms with E-state index < -0.39 is 0 Å². The van der Waals surface area contributed by atoms with E-state index in [1.54, 1.807) is 0 Å². The van der Waals surface area contributed by atoms with Crippen LogP contribution >= 0.6 is 15.9 Å². The molecule has 1 aliphatic rings. The third kappa shape index (κ3) is 2.18. The molecule has 0 fully saturated rings. The molecule has 0 aliphatic carbocycles. The van der Waals surface area contributed by atoms with E-state index in [0.29, 0.717) is 0 Å². The van der Waals surface area contributed by atoms with E-state index in [1.807, 2.05) is 23.0 Å². The average molecular weight is 354 g/mol. The summed E-state index contributed by atoms with van der Waals surface area (Å²) in [6, 6.07) is 12.5. The number of fused-ring (bicyclic) bond motifs is 2. The van der Waals surface area contributed by atoms with Gasteiger partial charge in [0.2, 0.25) is 0 Å². The van der Waals surface area contributed by atoms with Gasteiger partial charge in [0.15, 0.2) is 0 Å². The van der Waals surface area contributed by atoms with Gasteiger partial charge in [-0.1, -0.05) is 28.1 Å². The molecule has 0 bridgehead atoms. The topological polar surface area (TPSA) is 29.7 Å². The molecule has 0 saturated carbocycles. The van der Waals surface area contributed by atoms with Crippen LogP contribution in [0, 0.1) is 0 Å². The molecule has 0 amide bonds. The molecular formula is C18H16BrN3. The van der Waals surface area contributed by atoms with E-state index in [-0.39, 0.29) is 5.54 Å². The van der Waals surface area contributed by atoms with E-state index in [0.717, 1.165) is 27.7 Å². The Bertz CT molecular complexity index is 906. The lowest BCUT2D eigenvalue weighted by Gasteiger charge is -2.30. The first-order valence-electron chi connectivity index (χ1n) is 7.35. The second-order valence-corrected chi connectivity index (χ2v) is 7.19. The van der Waals surface area contributed by atoms with Crippen LogP contribution in [0.3, 0.4) is 0 Å². The molecule has 110 valence electrons. The minimum absolute atomic E-state index is 0.111. The van der Waals surface area contributed by atoms with E-state index in [1.165, 1.54) is 11.1 Å². The average Bonchev–Trinajstić information content (AvgIpc) is 2.94. The molecule has 0 spiro atoms. The molecular weight excluding hydrogens is 338 g/mol. The quantitative estimate of drug-likeness (QED) is 0.642. The number of nitrogens with zero attached hydrogens (tertiary/aromatic N) is 3. The Hall–Kier alpha value is -1.94. The van der Waals surface area contributed by atoms with Crippen LogP contribution in [-0.4, -0.2) is 20.9 Å². The summed E-state index contributed by atoms with van der Waals surface area (Å²) in [5.41, 5.74) is 5.60. The smallest absolute Gasteiger partial charge is 0.0745 e. The number of aliphatic imine (C=N–C) groups is 1. The minimum atomic E-state index is -0.111. The van der Waals surface area contributed by atoms with Gasteiger partial charge in [-0.25, -0.2) is 4.52 Å². The molecule has 4 heteroatoms. The van der Waals surface area contributed by atoms with Crippen LogP contribution in [0.1, 0.15) is 30.5 Å². The summed E-state index contributed by atoms with van der Waals surface area (Å²) < 4.78 is 3.03. The Kier molecular flexibility index (Phi) is 2.98. The third-order valence-corrected chi connectivity index (χ3v) is 4.80. The fourth-order valence-electron chi connectivity index (χ4n) is 3.07. The molecule has 0 radical (unpaired) electrons. The van der Waals surface area contributed by atoms with Gasteiger partial charge in [-0.2, -0.15) is 5.10 Å². The summed E-state index contributed by atoms with van der Waals surface area (Å²) >= 11 is 3.69. The van der Waals surface area contributed by atoms with Crippen LogP contribution < -0.4 is 0 Å². The molecule has 0 N–H and O–H groups in total. The highest BCUT2D eigenvalue weighted by molar-refractivity contribution is 9.10. The number of halogens is 1. The van der Waals surface area contributed by atoms with Crippen molar-refractivity contribution < 1.29 is 0 Å². The van der Waals surface area contributed by atoms with Crippen molar-refractivity contribution in [2.45, 2.75) is 25.8 Å². The SMILES string of the molecule is CC1(C)Cc2c(Br)cccc2C(c2cnn3cccc3c2)=N1. The van der Waals surface area contributed by atoms with Gasteiger partial charge in [-0.15, -0.1) is 0 Å². The van der Waals surface area contributed by atoms with Crippen molar-refractivity contribution in [2.75, 3.05) is 0 Å². The highest BCUT2D eigenvalue weighted by Gasteiger charge is 2.28. The summed E-state index contributed by atoms with van der Waals surface area (Å²) in [7, 11) is 0. The number of rotatable bonds is 1. The summed E-state index contributed by atoms with van der Waals surface area (Å²) in [4.78, 5) is 5.00. The third-order valence-electron chi connectivity index (χ3n) is 4.05. The summed E-state index contributed by atoms with van der Waals surface area (Å²) in [5, 5.41) is 4.48. The van der Waals surface area contributed by atoms with Crippen molar-refractivity contribution in [3.63, 3.8) is 0 Å². The fourth-order valence-corrected chi connectivity index (χ4v) is 3.58. The van der Waals surface area contributed by atoms with E-state index >= 15 is 0 Å². The lowest BCUT2D eigenvalue weighted by molar-refractivity contribution is 0.512. The molecule has 3 nitrogen and oxygen atoms in total. The lowest BCUT2D eigenvalue weighted by atomic mass is 9.85. The van der Waals surface area contributed by atoms with Crippen LogP contribution in [0.4, 0.5) is 0 Å². The number of aromatic nitrogens is 2. The van der Waals surface area contributed by atoms with Crippen molar-refractivity contribution in [1.82, 2.24) is 9.61 Å². The Labute approximate surface area is 137 Å². The van der Waals surface area contributed by atoms with Gasteiger partial charge in [0, 0.05) is 21.8 Å². The molecule has 0 unspecified atom stereocenters. The first-order valence-corrected chi connectivity index (χ1v) is 8.14. The summed E-state index contributed by atoms with van der Waals surface area (Å²) in [5.74, 6) is 0. The zero-order valence-corrected chi connectivity index (χ0v) is 14.1. The zero-order valence-electron chi connectivity index (χ0n) is 12.5. The van der Waals surface area contributed by atoms with Gasteiger partial charge in [-0.3, -0.25) is 4.99 Å². The van der Waals surface area contributed by atoms with Crippen molar-refractivity contribution in [3.05, 3.63) is 70.0 Å². The summed E-state index contributed by atoms with van der Waals surface area (Å²) in [6.07, 6.45) is 4.79. The zero-order chi connectivity index (χ0) is 15.3. The van der Waals surface area contributed by atoms with E-state index in [4.69, 9.17) is 4.99 Å². The van der Waals surface area contributed by atoms with Crippen LogP contribution in [0.15, 0.2) is 58.3 Å². The number of hydrogen-bond acceptors (Lipinski definition) is 2. The molecule has 3 heterocycles. The number of hydrogen-bond donors (Lipinski definition) is 0. The van der Waals surface area contributed by atoms with Crippen molar-refractivity contribution in [1.29, 1.82) is 0 Å². The Balaban J connectivity index is 1.96. The molecule has 1 aromatic carbocycles. The van der Waals surface area contributed by atoms with Crippen LogP contribution in [0.25, 0.3) is 5.52 Å². The predicted octanol–water partition coefficient (Wildman–Crippen LogP) is 4.27. The second-order valence-electron chi connectivity index (χ2n) is 6.34. The Morgan fingerprint density at radius 1 is 1.18 bits per heavy atom. The van der Waals surface area contributed by atoms with Gasteiger partial charge >= 0.3 is 0 Å². The first kappa shape index (κ1) is 13.7. The maximum Gasteiger partial charge on any atom is 0.0745 e. The highest BCUT2D eigenvalue weighted by atomic mass is 79.9. The molecule has 1 aliphatic heterocycles. The molecule has 4 rings (SSSR count). The fraction of sp³-hybridized carbons (Fsp3) is 0.222. The van der Waals surface area contributed by atoms with Crippen LogP contribution in [-0.2, 0) is 6.42 Å². The van der Waals surface area contributed by atoms with Crippen LogP contribution in [0.2, 0.25) is 0 Å². The Morgan fingerprint density at radius 2 is 2.05 bits per heavy atom. The summed E-state index contributed by atoms with van der Waals surface area (Å²) in [6.45, 7) is 4.36. The first-order chi connectivity index (χ1) is 10.5. The van der Waals surface area contributed by atoms with E-state index in [2.05, 4.69) is 65.2 Å². The number of benzene rings is 1. The maximum atomic E-state index is 5.00. The molecule has 2 aromatic heterocycles. The lowest BCUT2D eigenvalue weighted by Crippen LogP contribution is -2.29. The van der Waals surface area contributed by atoms with Gasteiger partial charge in [0.1, 0.15) is 0 Å². The monoisotopic (exact) mass is 353 g/mol. The maximum absolute atomic E-state index is 5.00. The molecule has 0 atom stereocenters. The minimum Gasteiger partial charge on any atom is -0.278 e. The second kappa shape index (κ2) is 4.78. The molecule has 3 aromatic rings. The normalized spacial score (nSPS) is 16.4. The van der Waals surface area contributed by atoms with Crippen molar-refractivity contribution in [3.8, 4) is 0 Å². The van der Waals surface area contributed by atoms with Crippen molar-refractivity contribution >= 4 is 27.2 Å². The standard InChI is InChI=1S/C18H16BrN3/c1-18(2)10-15-14(6-3-7-16(15)19)17(21-18)12-9-13-5-4-8-22(13)20-11-12/h3-9,11H,10H2,1-2H3. The van der Waals surface area contributed by atoms with Gasteiger partial charge in [-0.05, 0) is 50.1 Å². The predicted molar refractivity (Wildman–Crippen MR) is 92.8 cm³/mol. The van der Waals surface area contributed by atoms with Gasteiger partial charge in [0.25, 0.3) is 0 Å². The van der Waals surface area contributed by atoms with E-state index in [9.17, 15) is 0 Å². The molecule has 0 saturated heterocycles. The largest absolute Gasteiger partial charge is 0.278 e. The van der Waals surface area contributed by atoms with Gasteiger partial charge in [0.05, 0.1) is 23.0 Å². The Morgan fingerprint density at radius 3 is 2.91 bits per heavy atom. The van der Waals surface area contributed by atoms with Gasteiger partial charge < -0.3 is 0 Å². The highest BCUT2D eigenvalue weighted by Crippen LogP contribution is 2.33. The molecule has 22 heavy (non-hydrogen) atoms. The van der Waals surface area contributed by atoms with Crippen molar-refractivity contribution in [2.24, 2.45) is 4.99 Å². The van der Waals surface area contributed by atoms with Crippen LogP contribution in [0.5, 0.6) is 0 Å².